The molecule has 0 spiro atoms. The Kier molecular flexibility index (Phi) is 6.31. The maximum atomic E-state index is 12.8. The number of aliphatic hydroxyl groups excluding tert-OH is 1. The number of ketones is 1. The number of ether oxygens (including phenoxy) is 1. The summed E-state index contributed by atoms with van der Waals surface area (Å²) in [7, 11) is 1.59. The van der Waals surface area contributed by atoms with Crippen LogP contribution in [-0.4, -0.2) is 42.0 Å². The van der Waals surface area contributed by atoms with Crippen LogP contribution in [0.15, 0.2) is 58.6 Å². The van der Waals surface area contributed by atoms with Crippen molar-refractivity contribution in [3.8, 4) is 0 Å². The molecule has 146 valence electrons. The van der Waals surface area contributed by atoms with Crippen molar-refractivity contribution >= 4 is 33.4 Å². The SMILES string of the molecule is COCCCN1C(=O)C(=O)/C(=C(/O)c2ccc(C)cc2)C1c1cccc(Br)c1. The molecule has 3 rings (SSSR count). The number of carbonyl (C=O) groups excluding carboxylic acids is 2. The van der Waals surface area contributed by atoms with Crippen molar-refractivity contribution in [3.05, 3.63) is 75.3 Å². The van der Waals surface area contributed by atoms with Crippen LogP contribution in [0.4, 0.5) is 0 Å². The lowest BCUT2D eigenvalue weighted by Crippen LogP contribution is -2.31. The van der Waals surface area contributed by atoms with Gasteiger partial charge in [-0.1, -0.05) is 57.9 Å². The molecular formula is C22H22BrNO4. The predicted molar refractivity (Wildman–Crippen MR) is 111 cm³/mol. The highest BCUT2D eigenvalue weighted by Crippen LogP contribution is 2.40. The van der Waals surface area contributed by atoms with E-state index in [0.717, 1.165) is 15.6 Å². The van der Waals surface area contributed by atoms with Crippen LogP contribution in [0.2, 0.25) is 0 Å². The number of hydrogen-bond acceptors (Lipinski definition) is 4. The topological polar surface area (TPSA) is 66.8 Å². The highest BCUT2D eigenvalue weighted by molar-refractivity contribution is 9.10. The zero-order valence-electron chi connectivity index (χ0n) is 15.8. The van der Waals surface area contributed by atoms with Gasteiger partial charge in [-0.2, -0.15) is 0 Å². The molecule has 6 heteroatoms. The van der Waals surface area contributed by atoms with Crippen LogP contribution in [-0.2, 0) is 14.3 Å². The van der Waals surface area contributed by atoms with Crippen LogP contribution in [0, 0.1) is 6.92 Å². The van der Waals surface area contributed by atoms with E-state index < -0.39 is 17.7 Å². The second-order valence-electron chi connectivity index (χ2n) is 6.76. The average Bonchev–Trinajstić information content (AvgIpc) is 2.93. The van der Waals surface area contributed by atoms with Crippen molar-refractivity contribution in [2.75, 3.05) is 20.3 Å². The molecule has 1 fully saturated rings. The zero-order chi connectivity index (χ0) is 20.3. The monoisotopic (exact) mass is 443 g/mol. The molecule has 2 aromatic carbocycles. The van der Waals surface area contributed by atoms with E-state index in [0.29, 0.717) is 25.1 Å². The summed E-state index contributed by atoms with van der Waals surface area (Å²) in [5.41, 5.74) is 2.43. The summed E-state index contributed by atoms with van der Waals surface area (Å²) >= 11 is 3.45. The molecule has 0 bridgehead atoms. The Balaban J connectivity index is 2.12. The second-order valence-corrected chi connectivity index (χ2v) is 7.68. The molecule has 28 heavy (non-hydrogen) atoms. The lowest BCUT2D eigenvalue weighted by atomic mass is 9.95. The Hall–Kier alpha value is -2.44. The zero-order valence-corrected chi connectivity index (χ0v) is 17.4. The molecule has 1 amide bonds. The van der Waals surface area contributed by atoms with Gasteiger partial charge in [-0.15, -0.1) is 0 Å². The number of hydrogen-bond donors (Lipinski definition) is 1. The molecule has 2 aromatic rings. The van der Waals surface area contributed by atoms with E-state index in [2.05, 4.69) is 15.9 Å². The van der Waals surface area contributed by atoms with E-state index in [1.807, 2.05) is 43.3 Å². The minimum absolute atomic E-state index is 0.115. The van der Waals surface area contributed by atoms with Gasteiger partial charge in [-0.05, 0) is 31.0 Å². The number of aliphatic hydroxyl groups is 1. The molecule has 0 aromatic heterocycles. The minimum Gasteiger partial charge on any atom is -0.507 e. The lowest BCUT2D eigenvalue weighted by Gasteiger charge is -2.25. The fourth-order valence-corrected chi connectivity index (χ4v) is 3.80. The Morgan fingerprint density at radius 1 is 1.18 bits per heavy atom. The summed E-state index contributed by atoms with van der Waals surface area (Å²) in [5.74, 6) is -1.42. The van der Waals surface area contributed by atoms with E-state index in [1.54, 1.807) is 19.2 Å². The van der Waals surface area contributed by atoms with Crippen molar-refractivity contribution in [2.24, 2.45) is 0 Å². The first-order chi connectivity index (χ1) is 13.4. The number of benzene rings is 2. The predicted octanol–water partition coefficient (Wildman–Crippen LogP) is 4.22. The van der Waals surface area contributed by atoms with E-state index in [4.69, 9.17) is 4.74 Å². The first-order valence-electron chi connectivity index (χ1n) is 9.04. The highest BCUT2D eigenvalue weighted by Gasteiger charge is 2.45. The minimum atomic E-state index is -0.666. The maximum absolute atomic E-state index is 12.8. The van der Waals surface area contributed by atoms with Gasteiger partial charge in [-0.3, -0.25) is 9.59 Å². The third-order valence-electron chi connectivity index (χ3n) is 4.78. The van der Waals surface area contributed by atoms with Crippen molar-refractivity contribution in [3.63, 3.8) is 0 Å². The van der Waals surface area contributed by atoms with E-state index in [-0.39, 0.29) is 11.3 Å². The Morgan fingerprint density at radius 2 is 1.89 bits per heavy atom. The first kappa shape index (κ1) is 20.3. The van der Waals surface area contributed by atoms with Crippen molar-refractivity contribution < 1.29 is 19.4 Å². The van der Waals surface area contributed by atoms with Gasteiger partial charge < -0.3 is 14.7 Å². The largest absolute Gasteiger partial charge is 0.507 e. The number of Topliss-reactive ketones (excluding diaryl/α,β-unsaturated/α-hetero) is 1. The van der Waals surface area contributed by atoms with E-state index in [1.165, 1.54) is 4.90 Å². The highest BCUT2D eigenvalue weighted by atomic mass is 79.9. The standard InChI is InChI=1S/C22H22BrNO4/c1-14-7-9-15(10-8-14)20(25)18-19(16-5-3-6-17(23)13-16)24(11-4-12-28-2)22(27)21(18)26/h3,5-10,13,19,25H,4,11-12H2,1-2H3/b20-18+. The lowest BCUT2D eigenvalue weighted by molar-refractivity contribution is -0.140. The van der Waals surface area contributed by atoms with Crippen LogP contribution in [0.5, 0.6) is 0 Å². The summed E-state index contributed by atoms with van der Waals surface area (Å²) in [5, 5.41) is 10.9. The van der Waals surface area contributed by atoms with Crippen LogP contribution in [0.25, 0.3) is 5.76 Å². The summed E-state index contributed by atoms with van der Waals surface area (Å²) in [4.78, 5) is 27.1. The number of likely N-dealkylation sites (tertiary alicyclic amines) is 1. The Labute approximate surface area is 172 Å². The molecule has 1 aliphatic heterocycles. The average molecular weight is 444 g/mol. The van der Waals surface area contributed by atoms with Gasteiger partial charge in [0.05, 0.1) is 11.6 Å². The Bertz CT molecular complexity index is 920. The van der Waals surface area contributed by atoms with Gasteiger partial charge in [0.1, 0.15) is 5.76 Å². The molecule has 1 N–H and O–H groups in total. The number of aryl methyl sites for hydroxylation is 1. The number of nitrogens with zero attached hydrogens (tertiary/aromatic N) is 1. The molecule has 5 nitrogen and oxygen atoms in total. The molecule has 0 radical (unpaired) electrons. The summed E-state index contributed by atoms with van der Waals surface area (Å²) in [6.45, 7) is 2.78. The fourth-order valence-electron chi connectivity index (χ4n) is 3.38. The summed E-state index contributed by atoms with van der Waals surface area (Å²) in [6, 6.07) is 14.0. The first-order valence-corrected chi connectivity index (χ1v) is 9.83. The maximum Gasteiger partial charge on any atom is 0.295 e. The number of rotatable bonds is 6. The van der Waals surface area contributed by atoms with Gasteiger partial charge >= 0.3 is 0 Å². The quantitative estimate of drug-likeness (QED) is 0.314. The van der Waals surface area contributed by atoms with Gasteiger partial charge in [0.2, 0.25) is 0 Å². The molecule has 0 saturated carbocycles. The van der Waals surface area contributed by atoms with Crippen LogP contribution in [0.3, 0.4) is 0 Å². The molecular weight excluding hydrogens is 422 g/mol. The van der Waals surface area contributed by atoms with Crippen molar-refractivity contribution in [2.45, 2.75) is 19.4 Å². The number of amides is 1. The van der Waals surface area contributed by atoms with Crippen molar-refractivity contribution in [1.82, 2.24) is 4.90 Å². The van der Waals surface area contributed by atoms with Crippen molar-refractivity contribution in [1.29, 1.82) is 0 Å². The molecule has 1 saturated heterocycles. The van der Waals surface area contributed by atoms with Crippen LogP contribution >= 0.6 is 15.9 Å². The third-order valence-corrected chi connectivity index (χ3v) is 5.27. The Morgan fingerprint density at radius 3 is 2.54 bits per heavy atom. The van der Waals surface area contributed by atoms with Gasteiger partial charge in [0.15, 0.2) is 0 Å². The second kappa shape index (κ2) is 8.71. The number of halogens is 1. The normalized spacial score (nSPS) is 18.7. The van der Waals surface area contributed by atoms with Crippen LogP contribution in [0.1, 0.15) is 29.2 Å². The smallest absolute Gasteiger partial charge is 0.295 e. The van der Waals surface area contributed by atoms with Gasteiger partial charge in [0.25, 0.3) is 11.7 Å². The fraction of sp³-hybridized carbons (Fsp3) is 0.273. The molecule has 1 atom stereocenters. The number of methoxy groups -OCH3 is 1. The van der Waals surface area contributed by atoms with Crippen LogP contribution < -0.4 is 0 Å². The summed E-state index contributed by atoms with van der Waals surface area (Å²) < 4.78 is 5.92. The molecule has 0 aliphatic carbocycles. The third kappa shape index (κ3) is 4.03. The number of carbonyl (C=O) groups is 2. The molecule has 1 unspecified atom stereocenters. The van der Waals surface area contributed by atoms with E-state index in [9.17, 15) is 14.7 Å². The molecule has 1 aliphatic rings. The summed E-state index contributed by atoms with van der Waals surface area (Å²) in [6.07, 6.45) is 0.596. The van der Waals surface area contributed by atoms with Gasteiger partial charge in [-0.25, -0.2) is 0 Å². The van der Waals surface area contributed by atoms with Gasteiger partial charge in [0, 0.05) is 30.3 Å². The molecule has 1 heterocycles. The van der Waals surface area contributed by atoms with E-state index >= 15 is 0 Å².